The van der Waals surface area contributed by atoms with Gasteiger partial charge in [-0.3, -0.25) is 14.9 Å². The summed E-state index contributed by atoms with van der Waals surface area (Å²) in [6, 6.07) is 10.9. The number of hydrogen-bond acceptors (Lipinski definition) is 7. The Kier molecular flexibility index (Phi) is 5.19. The average Bonchev–Trinajstić information content (AvgIpc) is 3.09. The summed E-state index contributed by atoms with van der Waals surface area (Å²) in [4.78, 5) is 21.7. The van der Waals surface area contributed by atoms with Gasteiger partial charge in [-0.15, -0.1) is 10.2 Å². The van der Waals surface area contributed by atoms with Crippen molar-refractivity contribution in [2.75, 3.05) is 0 Å². The maximum Gasteiger partial charge on any atom is 0.277 e. The summed E-state index contributed by atoms with van der Waals surface area (Å²) >= 11 is 7.03. The molecule has 0 fully saturated rings. The van der Waals surface area contributed by atoms with Crippen molar-refractivity contribution in [3.63, 3.8) is 0 Å². The summed E-state index contributed by atoms with van der Waals surface area (Å²) in [6.45, 7) is 0. The van der Waals surface area contributed by atoms with Gasteiger partial charge in [0, 0.05) is 34.0 Å². The SMILES string of the molecule is NC(=O)c1cc(CSc2nnc(-c3ccc(Cl)cc3)o2)cc([N+](=O)[O-])c1. The van der Waals surface area contributed by atoms with Gasteiger partial charge in [0.25, 0.3) is 10.9 Å². The lowest BCUT2D eigenvalue weighted by Gasteiger charge is -2.02. The summed E-state index contributed by atoms with van der Waals surface area (Å²) in [6.07, 6.45) is 0. The van der Waals surface area contributed by atoms with E-state index in [2.05, 4.69) is 10.2 Å². The molecule has 0 atom stereocenters. The molecule has 1 heterocycles. The number of nitro benzene ring substituents is 1. The third kappa shape index (κ3) is 4.19. The topological polar surface area (TPSA) is 125 Å². The van der Waals surface area contributed by atoms with Crippen LogP contribution >= 0.6 is 23.4 Å². The fourth-order valence-corrected chi connectivity index (χ4v) is 2.95. The Morgan fingerprint density at radius 1 is 1.23 bits per heavy atom. The molecule has 132 valence electrons. The van der Waals surface area contributed by atoms with E-state index in [1.807, 2.05) is 0 Å². The predicted octanol–water partition coefficient (Wildman–Crippen LogP) is 3.69. The molecule has 0 spiro atoms. The molecule has 10 heteroatoms. The Hall–Kier alpha value is -2.91. The Labute approximate surface area is 156 Å². The fourth-order valence-electron chi connectivity index (χ4n) is 2.13. The normalized spacial score (nSPS) is 10.7. The Morgan fingerprint density at radius 2 is 1.96 bits per heavy atom. The molecule has 0 radical (unpaired) electrons. The maximum absolute atomic E-state index is 11.3. The van der Waals surface area contributed by atoms with Gasteiger partial charge in [-0.25, -0.2) is 0 Å². The molecule has 0 bridgehead atoms. The number of carbonyl (C=O) groups excluding carboxylic acids is 1. The van der Waals surface area contributed by atoms with Crippen LogP contribution in [0.15, 0.2) is 52.1 Å². The van der Waals surface area contributed by atoms with Crippen LogP contribution in [0.5, 0.6) is 0 Å². The van der Waals surface area contributed by atoms with Crippen LogP contribution in [-0.2, 0) is 5.75 Å². The van der Waals surface area contributed by atoms with E-state index in [0.29, 0.717) is 27.5 Å². The molecule has 0 unspecified atom stereocenters. The van der Waals surface area contributed by atoms with Crippen LogP contribution < -0.4 is 5.73 Å². The number of benzene rings is 2. The van der Waals surface area contributed by atoms with Crippen molar-refractivity contribution in [3.8, 4) is 11.5 Å². The molecule has 1 amide bonds. The zero-order valence-corrected chi connectivity index (χ0v) is 14.7. The first-order valence-corrected chi connectivity index (χ1v) is 8.59. The summed E-state index contributed by atoms with van der Waals surface area (Å²) in [7, 11) is 0. The van der Waals surface area contributed by atoms with Crippen molar-refractivity contribution in [2.45, 2.75) is 11.0 Å². The van der Waals surface area contributed by atoms with E-state index in [9.17, 15) is 14.9 Å². The van der Waals surface area contributed by atoms with Crippen LogP contribution in [-0.4, -0.2) is 21.0 Å². The number of primary amides is 1. The van der Waals surface area contributed by atoms with Crippen LogP contribution in [0.4, 0.5) is 5.69 Å². The van der Waals surface area contributed by atoms with Gasteiger partial charge in [-0.05, 0) is 35.9 Å². The van der Waals surface area contributed by atoms with Gasteiger partial charge in [-0.2, -0.15) is 0 Å². The highest BCUT2D eigenvalue weighted by Crippen LogP contribution is 2.28. The Balaban J connectivity index is 1.76. The van der Waals surface area contributed by atoms with Crippen molar-refractivity contribution in [3.05, 3.63) is 68.7 Å². The van der Waals surface area contributed by atoms with Crippen LogP contribution in [0.3, 0.4) is 0 Å². The van der Waals surface area contributed by atoms with Crippen molar-refractivity contribution < 1.29 is 14.1 Å². The molecule has 2 N–H and O–H groups in total. The number of rotatable bonds is 6. The molecule has 0 aliphatic carbocycles. The summed E-state index contributed by atoms with van der Waals surface area (Å²) < 4.78 is 5.56. The molecule has 26 heavy (non-hydrogen) atoms. The molecule has 2 aromatic carbocycles. The van der Waals surface area contributed by atoms with Gasteiger partial charge in [0.2, 0.25) is 11.8 Å². The lowest BCUT2D eigenvalue weighted by Crippen LogP contribution is -2.11. The van der Waals surface area contributed by atoms with E-state index in [1.165, 1.54) is 23.9 Å². The monoisotopic (exact) mass is 390 g/mol. The van der Waals surface area contributed by atoms with E-state index in [0.717, 1.165) is 11.6 Å². The van der Waals surface area contributed by atoms with Crippen LogP contribution in [0, 0.1) is 10.1 Å². The second-order valence-corrected chi connectivity index (χ2v) is 6.54. The average molecular weight is 391 g/mol. The number of nitrogens with two attached hydrogens (primary N) is 1. The molecule has 0 aliphatic rings. The zero-order valence-electron chi connectivity index (χ0n) is 13.1. The molecule has 3 rings (SSSR count). The second kappa shape index (κ2) is 7.54. The van der Waals surface area contributed by atoms with Crippen molar-refractivity contribution in [1.29, 1.82) is 0 Å². The number of nitro groups is 1. The highest BCUT2D eigenvalue weighted by atomic mass is 35.5. The van der Waals surface area contributed by atoms with Gasteiger partial charge < -0.3 is 10.2 Å². The number of nitrogens with zero attached hydrogens (tertiary/aromatic N) is 3. The number of thioether (sulfide) groups is 1. The van der Waals surface area contributed by atoms with E-state index in [4.69, 9.17) is 21.8 Å². The molecule has 0 saturated heterocycles. The molecular weight excluding hydrogens is 380 g/mol. The number of non-ortho nitro benzene ring substituents is 1. The molecule has 3 aromatic rings. The third-order valence-electron chi connectivity index (χ3n) is 3.33. The number of halogens is 1. The van der Waals surface area contributed by atoms with E-state index in [1.54, 1.807) is 24.3 Å². The lowest BCUT2D eigenvalue weighted by molar-refractivity contribution is -0.384. The van der Waals surface area contributed by atoms with Gasteiger partial charge in [0.1, 0.15) is 0 Å². The maximum atomic E-state index is 11.3. The number of aromatic nitrogens is 2. The smallest absolute Gasteiger partial charge is 0.277 e. The van der Waals surface area contributed by atoms with Crippen LogP contribution in [0.1, 0.15) is 15.9 Å². The molecule has 8 nitrogen and oxygen atoms in total. The first-order chi connectivity index (χ1) is 12.4. The van der Waals surface area contributed by atoms with Crippen molar-refractivity contribution >= 4 is 35.0 Å². The van der Waals surface area contributed by atoms with Gasteiger partial charge in [-0.1, -0.05) is 23.4 Å². The van der Waals surface area contributed by atoms with E-state index >= 15 is 0 Å². The fraction of sp³-hybridized carbons (Fsp3) is 0.0625. The first kappa shape index (κ1) is 17.9. The highest BCUT2D eigenvalue weighted by Gasteiger charge is 2.14. The zero-order chi connectivity index (χ0) is 18.7. The van der Waals surface area contributed by atoms with Crippen molar-refractivity contribution in [2.24, 2.45) is 5.73 Å². The quantitative estimate of drug-likeness (QED) is 0.386. The Bertz CT molecular complexity index is 942. The molecule has 0 saturated carbocycles. The number of hydrogen-bond donors (Lipinski definition) is 1. The summed E-state index contributed by atoms with van der Waals surface area (Å²) in [5.74, 6) is -0.103. The molecule has 1 aromatic heterocycles. The largest absolute Gasteiger partial charge is 0.411 e. The minimum absolute atomic E-state index is 0.0715. The summed E-state index contributed by atoms with van der Waals surface area (Å²) in [5, 5.41) is 19.8. The van der Waals surface area contributed by atoms with Gasteiger partial charge in [0.05, 0.1) is 4.92 Å². The lowest BCUT2D eigenvalue weighted by atomic mass is 10.1. The molecule has 0 aliphatic heterocycles. The minimum atomic E-state index is -0.734. The van der Waals surface area contributed by atoms with E-state index in [-0.39, 0.29) is 11.3 Å². The molecular formula is C16H11ClN4O4S. The number of carbonyl (C=O) groups is 1. The van der Waals surface area contributed by atoms with Crippen LogP contribution in [0.25, 0.3) is 11.5 Å². The summed E-state index contributed by atoms with van der Waals surface area (Å²) in [5.41, 5.74) is 6.35. The third-order valence-corrected chi connectivity index (χ3v) is 4.47. The van der Waals surface area contributed by atoms with Crippen LogP contribution in [0.2, 0.25) is 5.02 Å². The highest BCUT2D eigenvalue weighted by molar-refractivity contribution is 7.98. The van der Waals surface area contributed by atoms with Crippen molar-refractivity contribution in [1.82, 2.24) is 10.2 Å². The predicted molar refractivity (Wildman–Crippen MR) is 95.9 cm³/mol. The van der Waals surface area contributed by atoms with Gasteiger partial charge >= 0.3 is 0 Å². The first-order valence-electron chi connectivity index (χ1n) is 7.23. The number of amides is 1. The standard InChI is InChI=1S/C16H11ClN4O4S/c17-12-3-1-10(2-4-12)15-19-20-16(25-15)26-8-9-5-11(14(18)22)7-13(6-9)21(23)24/h1-7H,8H2,(H2,18,22). The van der Waals surface area contributed by atoms with Gasteiger partial charge in [0.15, 0.2) is 0 Å². The van der Waals surface area contributed by atoms with E-state index < -0.39 is 10.8 Å². The second-order valence-electron chi connectivity index (χ2n) is 5.18. The Morgan fingerprint density at radius 3 is 2.62 bits per heavy atom. The minimum Gasteiger partial charge on any atom is -0.411 e.